The van der Waals surface area contributed by atoms with Crippen LogP contribution >= 0.6 is 11.8 Å². The maximum atomic E-state index is 11.4. The number of nitrogens with two attached hydrogens (primary N) is 1. The number of thioether (sulfide) groups is 1. The molecule has 0 aliphatic heterocycles. The van der Waals surface area contributed by atoms with Crippen LogP contribution in [-0.4, -0.2) is 30.6 Å². The van der Waals surface area contributed by atoms with E-state index in [0.717, 1.165) is 5.75 Å². The van der Waals surface area contributed by atoms with Gasteiger partial charge in [-0.05, 0) is 12.1 Å². The number of anilines is 1. The van der Waals surface area contributed by atoms with E-state index in [1.165, 1.54) is 0 Å². The third kappa shape index (κ3) is 6.06. The molecule has 0 spiro atoms. The molecule has 1 amide bonds. The Bertz CT molecular complexity index is 429. The summed E-state index contributed by atoms with van der Waals surface area (Å²) in [5, 5.41) is 2.74. The number of terminal acetylenes is 1. The Balaban J connectivity index is 2.15. The third-order valence-corrected chi connectivity index (χ3v) is 2.85. The van der Waals surface area contributed by atoms with E-state index in [0.29, 0.717) is 23.7 Å². The van der Waals surface area contributed by atoms with Crippen LogP contribution in [0.1, 0.15) is 0 Å². The second-order valence-electron chi connectivity index (χ2n) is 3.47. The van der Waals surface area contributed by atoms with Crippen LogP contribution in [0.25, 0.3) is 0 Å². The molecule has 3 N–H and O–H groups in total. The molecular formula is C13H16N2O2S. The predicted molar refractivity (Wildman–Crippen MR) is 75.5 cm³/mol. The first-order valence-corrected chi connectivity index (χ1v) is 6.64. The predicted octanol–water partition coefficient (Wildman–Crippen LogP) is 1.13. The Hall–Kier alpha value is -1.80. The molecular weight excluding hydrogens is 248 g/mol. The van der Waals surface area contributed by atoms with Crippen LogP contribution in [0.3, 0.4) is 0 Å². The normalized spacial score (nSPS) is 9.50. The number of ether oxygens (including phenoxy) is 1. The van der Waals surface area contributed by atoms with Gasteiger partial charge in [-0.25, -0.2) is 0 Å². The number of rotatable bonds is 7. The van der Waals surface area contributed by atoms with Gasteiger partial charge in [0.15, 0.2) is 6.61 Å². The lowest BCUT2D eigenvalue weighted by atomic mass is 10.3. The van der Waals surface area contributed by atoms with E-state index < -0.39 is 0 Å². The van der Waals surface area contributed by atoms with Crippen molar-refractivity contribution < 1.29 is 9.53 Å². The van der Waals surface area contributed by atoms with Crippen molar-refractivity contribution in [1.29, 1.82) is 0 Å². The fourth-order valence-corrected chi connectivity index (χ4v) is 1.71. The topological polar surface area (TPSA) is 64.3 Å². The number of carbonyl (C=O) groups is 1. The summed E-state index contributed by atoms with van der Waals surface area (Å²) < 4.78 is 5.30. The number of hydrogen-bond donors (Lipinski definition) is 2. The monoisotopic (exact) mass is 264 g/mol. The first kappa shape index (κ1) is 14.3. The van der Waals surface area contributed by atoms with Gasteiger partial charge in [-0.1, -0.05) is 12.0 Å². The molecule has 0 aromatic heterocycles. The van der Waals surface area contributed by atoms with Crippen molar-refractivity contribution in [2.75, 3.05) is 30.4 Å². The smallest absolute Gasteiger partial charge is 0.257 e. The lowest BCUT2D eigenvalue weighted by Gasteiger charge is -2.07. The largest absolute Gasteiger partial charge is 0.484 e. The van der Waals surface area contributed by atoms with Gasteiger partial charge in [0.2, 0.25) is 0 Å². The highest BCUT2D eigenvalue weighted by molar-refractivity contribution is 7.99. The second-order valence-corrected chi connectivity index (χ2v) is 4.57. The van der Waals surface area contributed by atoms with Crippen molar-refractivity contribution in [2.45, 2.75) is 0 Å². The van der Waals surface area contributed by atoms with Crippen molar-refractivity contribution in [2.24, 2.45) is 0 Å². The zero-order valence-electron chi connectivity index (χ0n) is 10.0. The van der Waals surface area contributed by atoms with E-state index in [-0.39, 0.29) is 12.5 Å². The van der Waals surface area contributed by atoms with E-state index in [4.69, 9.17) is 16.9 Å². The minimum absolute atomic E-state index is 0.0107. The standard InChI is InChI=1S/C13H16N2O2S/c1-2-7-18-8-6-15-13(16)10-17-12-5-3-4-11(14)9-12/h1,3-5,9H,6-8,10,14H2,(H,15,16). The first-order valence-electron chi connectivity index (χ1n) is 5.48. The summed E-state index contributed by atoms with van der Waals surface area (Å²) in [6.45, 7) is 0.578. The zero-order chi connectivity index (χ0) is 13.2. The van der Waals surface area contributed by atoms with Gasteiger partial charge in [-0.3, -0.25) is 4.79 Å². The van der Waals surface area contributed by atoms with Gasteiger partial charge in [0, 0.05) is 24.1 Å². The Morgan fingerprint density at radius 3 is 3.11 bits per heavy atom. The number of amides is 1. The van der Waals surface area contributed by atoms with E-state index in [2.05, 4.69) is 11.2 Å². The molecule has 0 heterocycles. The minimum Gasteiger partial charge on any atom is -0.484 e. The van der Waals surface area contributed by atoms with Crippen LogP contribution in [0, 0.1) is 12.3 Å². The number of nitrogen functional groups attached to an aromatic ring is 1. The van der Waals surface area contributed by atoms with Gasteiger partial charge in [-0.2, -0.15) is 0 Å². The van der Waals surface area contributed by atoms with E-state index in [1.54, 1.807) is 36.0 Å². The summed E-state index contributed by atoms with van der Waals surface area (Å²) >= 11 is 1.60. The molecule has 0 saturated heterocycles. The molecule has 0 fully saturated rings. The van der Waals surface area contributed by atoms with Gasteiger partial charge in [0.05, 0.1) is 5.75 Å². The van der Waals surface area contributed by atoms with Crippen LogP contribution in [-0.2, 0) is 4.79 Å². The SMILES string of the molecule is C#CCSCCNC(=O)COc1cccc(N)c1. The average Bonchev–Trinajstić information content (AvgIpc) is 2.36. The van der Waals surface area contributed by atoms with Crippen LogP contribution in [0.2, 0.25) is 0 Å². The quantitative estimate of drug-likeness (QED) is 0.440. The summed E-state index contributed by atoms with van der Waals surface area (Å²) in [4.78, 5) is 11.4. The molecule has 0 bridgehead atoms. The molecule has 0 aliphatic carbocycles. The molecule has 0 atom stereocenters. The number of carbonyl (C=O) groups excluding carboxylic acids is 1. The molecule has 1 aromatic carbocycles. The van der Waals surface area contributed by atoms with Gasteiger partial charge in [-0.15, -0.1) is 18.2 Å². The molecule has 18 heavy (non-hydrogen) atoms. The molecule has 0 saturated carbocycles. The van der Waals surface area contributed by atoms with E-state index in [1.807, 2.05) is 0 Å². The number of nitrogens with one attached hydrogen (secondary N) is 1. The maximum absolute atomic E-state index is 11.4. The molecule has 0 radical (unpaired) electrons. The van der Waals surface area contributed by atoms with Gasteiger partial charge < -0.3 is 15.8 Å². The van der Waals surface area contributed by atoms with Crippen molar-refractivity contribution in [3.63, 3.8) is 0 Å². The van der Waals surface area contributed by atoms with Crippen LogP contribution in [0.5, 0.6) is 5.75 Å². The fraction of sp³-hybridized carbons (Fsp3) is 0.308. The molecule has 0 unspecified atom stereocenters. The lowest BCUT2D eigenvalue weighted by molar-refractivity contribution is -0.122. The van der Waals surface area contributed by atoms with Gasteiger partial charge in [0.1, 0.15) is 5.75 Å². The first-order chi connectivity index (χ1) is 8.72. The number of hydrogen-bond acceptors (Lipinski definition) is 4. The molecule has 4 nitrogen and oxygen atoms in total. The Morgan fingerprint density at radius 1 is 1.56 bits per heavy atom. The molecule has 0 aliphatic rings. The molecule has 5 heteroatoms. The van der Waals surface area contributed by atoms with Crippen molar-refractivity contribution in [1.82, 2.24) is 5.32 Å². The third-order valence-electron chi connectivity index (χ3n) is 1.98. The summed E-state index contributed by atoms with van der Waals surface area (Å²) in [5.74, 6) is 4.42. The molecule has 1 aromatic rings. The van der Waals surface area contributed by atoms with Crippen LogP contribution < -0.4 is 15.8 Å². The van der Waals surface area contributed by atoms with Crippen molar-refractivity contribution in [3.05, 3.63) is 24.3 Å². The zero-order valence-corrected chi connectivity index (χ0v) is 10.8. The highest BCUT2D eigenvalue weighted by Gasteiger charge is 2.02. The van der Waals surface area contributed by atoms with Crippen LogP contribution in [0.4, 0.5) is 5.69 Å². The van der Waals surface area contributed by atoms with Gasteiger partial charge in [0.25, 0.3) is 5.91 Å². The molecule has 96 valence electrons. The minimum atomic E-state index is -0.154. The molecule has 1 rings (SSSR count). The average molecular weight is 264 g/mol. The Kier molecular flexibility index (Phi) is 6.59. The summed E-state index contributed by atoms with van der Waals surface area (Å²) in [7, 11) is 0. The summed E-state index contributed by atoms with van der Waals surface area (Å²) in [6.07, 6.45) is 5.11. The summed E-state index contributed by atoms with van der Waals surface area (Å²) in [5.41, 5.74) is 6.20. The highest BCUT2D eigenvalue weighted by Crippen LogP contribution is 2.13. The Morgan fingerprint density at radius 2 is 2.39 bits per heavy atom. The maximum Gasteiger partial charge on any atom is 0.257 e. The van der Waals surface area contributed by atoms with Gasteiger partial charge >= 0.3 is 0 Å². The van der Waals surface area contributed by atoms with Crippen molar-refractivity contribution >= 4 is 23.4 Å². The second kappa shape index (κ2) is 8.31. The highest BCUT2D eigenvalue weighted by atomic mass is 32.2. The lowest BCUT2D eigenvalue weighted by Crippen LogP contribution is -2.30. The van der Waals surface area contributed by atoms with E-state index in [9.17, 15) is 4.79 Å². The van der Waals surface area contributed by atoms with E-state index >= 15 is 0 Å². The summed E-state index contributed by atoms with van der Waals surface area (Å²) in [6, 6.07) is 6.97. The van der Waals surface area contributed by atoms with Crippen LogP contribution in [0.15, 0.2) is 24.3 Å². The van der Waals surface area contributed by atoms with Crippen molar-refractivity contribution in [3.8, 4) is 18.1 Å². The Labute approximate surface area is 111 Å². The number of benzene rings is 1. The fourth-order valence-electron chi connectivity index (χ4n) is 1.20.